The Labute approximate surface area is 166 Å². The maximum absolute atomic E-state index is 13.7. The first-order valence-corrected chi connectivity index (χ1v) is 10.4. The Hall–Kier alpha value is -2.08. The molecule has 1 aromatic rings. The molecule has 1 saturated carbocycles. The minimum atomic E-state index is -0.418. The SMILES string of the molecule is COc1ccc(C2(C(=O)N3CCC4(CC3)CC(=O)NCCO4)CCCC2)cc1. The summed E-state index contributed by atoms with van der Waals surface area (Å²) >= 11 is 0. The summed E-state index contributed by atoms with van der Waals surface area (Å²) in [6, 6.07) is 8.00. The molecule has 1 aromatic carbocycles. The summed E-state index contributed by atoms with van der Waals surface area (Å²) in [5.74, 6) is 1.11. The van der Waals surface area contributed by atoms with Gasteiger partial charge in [0.05, 0.1) is 31.2 Å². The molecule has 152 valence electrons. The van der Waals surface area contributed by atoms with Crippen LogP contribution >= 0.6 is 0 Å². The monoisotopic (exact) mass is 386 g/mol. The van der Waals surface area contributed by atoms with Crippen LogP contribution in [0.25, 0.3) is 0 Å². The van der Waals surface area contributed by atoms with Gasteiger partial charge in [-0.2, -0.15) is 0 Å². The lowest BCUT2D eigenvalue weighted by Gasteiger charge is -2.43. The number of methoxy groups -OCH3 is 1. The number of nitrogens with one attached hydrogen (secondary N) is 1. The van der Waals surface area contributed by atoms with Crippen LogP contribution in [0.15, 0.2) is 24.3 Å². The summed E-state index contributed by atoms with van der Waals surface area (Å²) in [7, 11) is 1.66. The molecule has 0 radical (unpaired) electrons. The molecule has 28 heavy (non-hydrogen) atoms. The van der Waals surface area contributed by atoms with Crippen LogP contribution in [-0.4, -0.2) is 55.7 Å². The fraction of sp³-hybridized carbons (Fsp3) is 0.636. The van der Waals surface area contributed by atoms with Gasteiger partial charge in [0.25, 0.3) is 0 Å². The maximum Gasteiger partial charge on any atom is 0.233 e. The second-order valence-electron chi connectivity index (χ2n) is 8.37. The van der Waals surface area contributed by atoms with Crippen LogP contribution in [0.1, 0.15) is 50.5 Å². The average molecular weight is 386 g/mol. The van der Waals surface area contributed by atoms with Gasteiger partial charge in [0.2, 0.25) is 11.8 Å². The number of hydrogen-bond acceptors (Lipinski definition) is 4. The third kappa shape index (κ3) is 3.50. The molecule has 3 aliphatic rings. The van der Waals surface area contributed by atoms with Gasteiger partial charge >= 0.3 is 0 Å². The molecule has 1 spiro atoms. The minimum Gasteiger partial charge on any atom is -0.497 e. The summed E-state index contributed by atoms with van der Waals surface area (Å²) in [6.45, 7) is 2.44. The second kappa shape index (κ2) is 7.74. The number of carbonyl (C=O) groups is 2. The lowest BCUT2D eigenvalue weighted by molar-refractivity contribution is -0.145. The van der Waals surface area contributed by atoms with Gasteiger partial charge in [0, 0.05) is 19.6 Å². The first-order chi connectivity index (χ1) is 13.6. The number of amides is 2. The molecule has 6 nitrogen and oxygen atoms in total. The summed E-state index contributed by atoms with van der Waals surface area (Å²) in [4.78, 5) is 27.6. The fourth-order valence-corrected chi connectivity index (χ4v) is 5.12. The van der Waals surface area contributed by atoms with Crippen molar-refractivity contribution >= 4 is 11.8 Å². The van der Waals surface area contributed by atoms with Crippen molar-refractivity contribution in [3.63, 3.8) is 0 Å². The van der Waals surface area contributed by atoms with Crippen molar-refractivity contribution < 1.29 is 19.1 Å². The van der Waals surface area contributed by atoms with E-state index in [0.29, 0.717) is 32.7 Å². The van der Waals surface area contributed by atoms with Crippen molar-refractivity contribution in [2.24, 2.45) is 0 Å². The van der Waals surface area contributed by atoms with Crippen LogP contribution in [0, 0.1) is 0 Å². The van der Waals surface area contributed by atoms with E-state index >= 15 is 0 Å². The quantitative estimate of drug-likeness (QED) is 0.866. The van der Waals surface area contributed by atoms with Gasteiger partial charge < -0.3 is 19.7 Å². The molecule has 3 fully saturated rings. The number of hydrogen-bond donors (Lipinski definition) is 1. The van der Waals surface area contributed by atoms with Crippen LogP contribution in [0.3, 0.4) is 0 Å². The Morgan fingerprint density at radius 1 is 1.11 bits per heavy atom. The predicted molar refractivity (Wildman–Crippen MR) is 105 cm³/mol. The molecule has 2 amide bonds. The van der Waals surface area contributed by atoms with Crippen molar-refractivity contribution in [1.82, 2.24) is 10.2 Å². The van der Waals surface area contributed by atoms with Gasteiger partial charge in [-0.15, -0.1) is 0 Å². The number of nitrogens with zero attached hydrogens (tertiary/aromatic N) is 1. The highest BCUT2D eigenvalue weighted by molar-refractivity contribution is 5.89. The number of carbonyl (C=O) groups excluding carboxylic acids is 2. The van der Waals surface area contributed by atoms with Crippen LogP contribution in [0.4, 0.5) is 0 Å². The largest absolute Gasteiger partial charge is 0.497 e. The van der Waals surface area contributed by atoms with Gasteiger partial charge in [-0.05, 0) is 43.4 Å². The highest BCUT2D eigenvalue weighted by Gasteiger charge is 2.47. The highest BCUT2D eigenvalue weighted by Crippen LogP contribution is 2.44. The molecule has 0 bridgehead atoms. The molecule has 6 heteroatoms. The molecule has 0 atom stereocenters. The zero-order chi connectivity index (χ0) is 19.6. The molecular formula is C22H30N2O4. The third-order valence-electron chi connectivity index (χ3n) is 6.79. The lowest BCUT2D eigenvalue weighted by atomic mass is 9.76. The van der Waals surface area contributed by atoms with E-state index in [0.717, 1.165) is 49.8 Å². The van der Waals surface area contributed by atoms with Crippen molar-refractivity contribution in [2.75, 3.05) is 33.4 Å². The lowest BCUT2D eigenvalue weighted by Crippen LogP contribution is -2.53. The van der Waals surface area contributed by atoms with Crippen LogP contribution in [0.5, 0.6) is 5.75 Å². The first kappa shape index (κ1) is 19.2. The Kier molecular flexibility index (Phi) is 5.32. The molecule has 0 aromatic heterocycles. The smallest absolute Gasteiger partial charge is 0.233 e. The topological polar surface area (TPSA) is 67.9 Å². The van der Waals surface area contributed by atoms with Crippen LogP contribution in [0.2, 0.25) is 0 Å². The highest BCUT2D eigenvalue weighted by atomic mass is 16.5. The Balaban J connectivity index is 1.50. The van der Waals surface area contributed by atoms with E-state index in [4.69, 9.17) is 9.47 Å². The molecule has 4 rings (SSSR count). The van der Waals surface area contributed by atoms with E-state index in [9.17, 15) is 9.59 Å². The van der Waals surface area contributed by atoms with E-state index < -0.39 is 11.0 Å². The number of piperidine rings is 1. The average Bonchev–Trinajstić information content (AvgIpc) is 3.15. The zero-order valence-corrected chi connectivity index (χ0v) is 16.7. The fourth-order valence-electron chi connectivity index (χ4n) is 5.12. The minimum absolute atomic E-state index is 0.0581. The summed E-state index contributed by atoms with van der Waals surface area (Å²) in [6.07, 6.45) is 5.82. The van der Waals surface area contributed by atoms with Crippen molar-refractivity contribution in [3.05, 3.63) is 29.8 Å². The third-order valence-corrected chi connectivity index (χ3v) is 6.79. The first-order valence-electron chi connectivity index (χ1n) is 10.4. The van der Waals surface area contributed by atoms with Gasteiger partial charge in [-0.1, -0.05) is 25.0 Å². The van der Waals surface area contributed by atoms with Gasteiger partial charge in [-0.25, -0.2) is 0 Å². The predicted octanol–water partition coefficient (Wildman–Crippen LogP) is 2.40. The summed E-state index contributed by atoms with van der Waals surface area (Å²) in [5.41, 5.74) is 0.278. The molecule has 2 saturated heterocycles. The summed E-state index contributed by atoms with van der Waals surface area (Å²) in [5, 5.41) is 2.88. The van der Waals surface area contributed by atoms with Crippen molar-refractivity contribution in [1.29, 1.82) is 0 Å². The van der Waals surface area contributed by atoms with E-state index in [1.54, 1.807) is 7.11 Å². The molecule has 1 aliphatic carbocycles. The number of likely N-dealkylation sites (tertiary alicyclic amines) is 1. The van der Waals surface area contributed by atoms with Gasteiger partial charge in [-0.3, -0.25) is 9.59 Å². The maximum atomic E-state index is 13.7. The molecule has 2 heterocycles. The molecular weight excluding hydrogens is 356 g/mol. The van der Waals surface area contributed by atoms with E-state index in [-0.39, 0.29) is 11.8 Å². The van der Waals surface area contributed by atoms with Crippen molar-refractivity contribution in [2.45, 2.75) is 56.0 Å². The normalized spacial score (nSPS) is 23.9. The number of benzene rings is 1. The van der Waals surface area contributed by atoms with E-state index in [1.807, 2.05) is 29.2 Å². The standard InChI is InChI=1S/C22H30N2O4/c1-27-18-6-4-17(5-7-18)22(8-2-3-9-22)20(26)24-13-10-21(11-14-24)16-19(25)23-12-15-28-21/h4-7H,2-3,8-16H2,1H3,(H,23,25). The summed E-state index contributed by atoms with van der Waals surface area (Å²) < 4.78 is 11.3. The Bertz CT molecular complexity index is 717. The van der Waals surface area contributed by atoms with Crippen LogP contribution in [-0.2, 0) is 19.7 Å². The molecule has 1 N–H and O–H groups in total. The van der Waals surface area contributed by atoms with Gasteiger partial charge in [0.1, 0.15) is 5.75 Å². The molecule has 2 aliphatic heterocycles. The van der Waals surface area contributed by atoms with Crippen molar-refractivity contribution in [3.8, 4) is 5.75 Å². The number of ether oxygens (including phenoxy) is 2. The van der Waals surface area contributed by atoms with E-state index in [1.165, 1.54) is 0 Å². The van der Waals surface area contributed by atoms with Gasteiger partial charge in [0.15, 0.2) is 0 Å². The Morgan fingerprint density at radius 3 is 2.43 bits per heavy atom. The number of rotatable bonds is 3. The van der Waals surface area contributed by atoms with Crippen LogP contribution < -0.4 is 10.1 Å². The molecule has 0 unspecified atom stereocenters. The Morgan fingerprint density at radius 2 is 1.79 bits per heavy atom. The zero-order valence-electron chi connectivity index (χ0n) is 16.7. The van der Waals surface area contributed by atoms with E-state index in [2.05, 4.69) is 5.32 Å². The second-order valence-corrected chi connectivity index (χ2v) is 8.37.